The van der Waals surface area contributed by atoms with Crippen LogP contribution in [0.25, 0.3) is 32.9 Å². The fourth-order valence-electron chi connectivity index (χ4n) is 4.25. The lowest BCUT2D eigenvalue weighted by atomic mass is 10.0. The predicted octanol–water partition coefficient (Wildman–Crippen LogP) is 4.49. The Morgan fingerprint density at radius 3 is 2.71 bits per heavy atom. The number of urea groups is 1. The third-order valence-electron chi connectivity index (χ3n) is 6.13. The van der Waals surface area contributed by atoms with E-state index < -0.39 is 0 Å². The first-order chi connectivity index (χ1) is 16.5. The molecule has 0 aliphatic carbocycles. The molecule has 8 nitrogen and oxygen atoms in total. The Bertz CT molecular complexity index is 1380. The Kier molecular flexibility index (Phi) is 5.79. The van der Waals surface area contributed by atoms with E-state index in [0.29, 0.717) is 19.8 Å². The second kappa shape index (κ2) is 9.05. The number of aromatic amines is 1. The molecular formula is C26H27N5O3. The molecule has 1 aliphatic heterocycles. The smallest absolute Gasteiger partial charge is 0.319 e. The first-order valence-corrected chi connectivity index (χ1v) is 11.4. The number of nitrogens with zero attached hydrogens (tertiary/aromatic N) is 3. The third-order valence-corrected chi connectivity index (χ3v) is 6.13. The molecule has 2 amide bonds. The fraction of sp³-hybridized carbons (Fsp3) is 0.269. The van der Waals surface area contributed by atoms with Crippen LogP contribution >= 0.6 is 0 Å². The quantitative estimate of drug-likeness (QED) is 0.316. The molecular weight excluding hydrogens is 430 g/mol. The maximum atomic E-state index is 12.0. The summed E-state index contributed by atoms with van der Waals surface area (Å²) in [4.78, 5) is 15.5. The van der Waals surface area contributed by atoms with Crippen molar-refractivity contribution in [3.05, 3.63) is 60.2 Å². The van der Waals surface area contributed by atoms with E-state index in [0.717, 1.165) is 57.3 Å². The van der Waals surface area contributed by atoms with Crippen LogP contribution in [0.2, 0.25) is 0 Å². The zero-order valence-corrected chi connectivity index (χ0v) is 19.3. The van der Waals surface area contributed by atoms with Crippen molar-refractivity contribution in [3.63, 3.8) is 0 Å². The molecule has 3 aromatic carbocycles. The molecule has 0 radical (unpaired) electrons. The van der Waals surface area contributed by atoms with Gasteiger partial charge in [-0.25, -0.2) is 4.79 Å². The monoisotopic (exact) mass is 457 g/mol. The van der Waals surface area contributed by atoms with Crippen molar-refractivity contribution in [1.29, 1.82) is 5.41 Å². The van der Waals surface area contributed by atoms with Gasteiger partial charge in [0, 0.05) is 36.7 Å². The van der Waals surface area contributed by atoms with Crippen LogP contribution in [0.5, 0.6) is 5.75 Å². The predicted molar refractivity (Wildman–Crippen MR) is 133 cm³/mol. The molecule has 1 aromatic heterocycles. The summed E-state index contributed by atoms with van der Waals surface area (Å²) >= 11 is 0. The number of nitrogens with one attached hydrogen (secondary N) is 2. The molecule has 1 fully saturated rings. The summed E-state index contributed by atoms with van der Waals surface area (Å²) in [5.41, 5.74) is 3.46. The molecule has 8 heteroatoms. The van der Waals surface area contributed by atoms with Crippen LogP contribution in [0.3, 0.4) is 0 Å². The van der Waals surface area contributed by atoms with Crippen LogP contribution in [0, 0.1) is 5.41 Å². The number of hydrogen-bond donors (Lipinski definition) is 2. The van der Waals surface area contributed by atoms with Gasteiger partial charge in [0.25, 0.3) is 0 Å². The molecule has 2 N–H and O–H groups in total. The molecule has 5 rings (SSSR count). The fourth-order valence-corrected chi connectivity index (χ4v) is 4.25. The Morgan fingerprint density at radius 2 is 1.91 bits per heavy atom. The zero-order chi connectivity index (χ0) is 23.7. The normalized spacial score (nSPS) is 13.8. The van der Waals surface area contributed by atoms with Crippen LogP contribution < -0.4 is 4.74 Å². The second-order valence-electron chi connectivity index (χ2n) is 8.36. The number of H-pyrrole nitrogens is 1. The summed E-state index contributed by atoms with van der Waals surface area (Å²) < 4.78 is 11.3. The molecule has 1 saturated heterocycles. The molecule has 174 valence electrons. The lowest BCUT2D eigenvalue weighted by Gasteiger charge is -2.16. The Hall–Kier alpha value is -4.07. The second-order valence-corrected chi connectivity index (χ2v) is 8.36. The highest BCUT2D eigenvalue weighted by molar-refractivity contribution is 6.01. The number of fused-ring (bicyclic) bond motifs is 2. The van der Waals surface area contributed by atoms with E-state index in [1.165, 1.54) is 0 Å². The van der Waals surface area contributed by atoms with Crippen LogP contribution in [0.1, 0.15) is 12.5 Å². The minimum absolute atomic E-state index is 0.0578. The number of rotatable bonds is 7. The Labute approximate surface area is 197 Å². The van der Waals surface area contributed by atoms with Gasteiger partial charge in [0.05, 0.1) is 24.4 Å². The van der Waals surface area contributed by atoms with Crippen molar-refractivity contribution in [2.75, 3.05) is 39.9 Å². The van der Waals surface area contributed by atoms with Crippen LogP contribution in [-0.4, -0.2) is 71.8 Å². The van der Waals surface area contributed by atoms with Gasteiger partial charge < -0.3 is 19.3 Å². The molecule has 0 bridgehead atoms. The summed E-state index contributed by atoms with van der Waals surface area (Å²) in [6, 6.07) is 18.0. The summed E-state index contributed by atoms with van der Waals surface area (Å²) in [6.07, 6.45) is 0. The summed E-state index contributed by atoms with van der Waals surface area (Å²) in [6.45, 7) is 4.87. The molecule has 34 heavy (non-hydrogen) atoms. The number of likely N-dealkylation sites (N-methyl/N-ethyl adjacent to an activating group) is 1. The van der Waals surface area contributed by atoms with Gasteiger partial charge in [-0.3, -0.25) is 10.5 Å². The van der Waals surface area contributed by atoms with Crippen LogP contribution in [0.15, 0.2) is 54.6 Å². The number of carbonyl (C=O) groups is 1. The van der Waals surface area contributed by atoms with Crippen LogP contribution in [0.4, 0.5) is 4.79 Å². The number of hydrogen-bond acceptors (Lipinski definition) is 5. The highest BCUT2D eigenvalue weighted by atomic mass is 16.5. The summed E-state index contributed by atoms with van der Waals surface area (Å²) in [5, 5.41) is 18.8. The number of carbonyl (C=O) groups excluding carboxylic acids is 1. The standard InChI is InChI=1S/C26H27N5O3/c1-3-33-25(27)20-7-9-23-22(16-20)24(29-28-23)19-5-4-18-15-21(8-6-17(18)14-19)34-13-12-31-11-10-30(2)26(31)32/h4-9,14-16,27H,3,10-13H2,1-2H3,(H,28,29). The number of benzene rings is 3. The molecule has 2 heterocycles. The molecule has 0 unspecified atom stereocenters. The molecule has 1 aliphatic rings. The van der Waals surface area contributed by atoms with Gasteiger partial charge in [-0.05, 0) is 54.1 Å². The van der Waals surface area contributed by atoms with Gasteiger partial charge in [-0.1, -0.05) is 18.2 Å². The average molecular weight is 458 g/mol. The first-order valence-electron chi connectivity index (χ1n) is 11.4. The van der Waals surface area contributed by atoms with Gasteiger partial charge in [0.1, 0.15) is 12.4 Å². The highest BCUT2D eigenvalue weighted by Gasteiger charge is 2.24. The van der Waals surface area contributed by atoms with Crippen molar-refractivity contribution in [3.8, 4) is 17.0 Å². The van der Waals surface area contributed by atoms with Crippen molar-refractivity contribution in [2.45, 2.75) is 6.92 Å². The molecule has 0 spiro atoms. The van der Waals surface area contributed by atoms with Gasteiger partial charge in [0.2, 0.25) is 5.90 Å². The van der Waals surface area contributed by atoms with E-state index in [1.807, 2.05) is 61.3 Å². The summed E-state index contributed by atoms with van der Waals surface area (Å²) in [7, 11) is 1.82. The third kappa shape index (κ3) is 4.14. The lowest BCUT2D eigenvalue weighted by molar-refractivity contribution is 0.188. The van der Waals surface area contributed by atoms with E-state index in [4.69, 9.17) is 14.9 Å². The topological polar surface area (TPSA) is 94.5 Å². The first kappa shape index (κ1) is 21.8. The minimum Gasteiger partial charge on any atom is -0.492 e. The Morgan fingerprint density at radius 1 is 1.09 bits per heavy atom. The van der Waals surface area contributed by atoms with Gasteiger partial charge in [-0.2, -0.15) is 5.10 Å². The lowest BCUT2D eigenvalue weighted by Crippen LogP contribution is -2.32. The van der Waals surface area contributed by atoms with Gasteiger partial charge in [0.15, 0.2) is 0 Å². The van der Waals surface area contributed by atoms with E-state index in [1.54, 1.807) is 4.90 Å². The molecule has 4 aromatic rings. The maximum absolute atomic E-state index is 12.0. The average Bonchev–Trinajstić information content (AvgIpc) is 3.42. The number of ether oxygens (including phenoxy) is 2. The molecule has 0 saturated carbocycles. The van der Waals surface area contributed by atoms with Crippen molar-refractivity contribution < 1.29 is 14.3 Å². The summed E-state index contributed by atoms with van der Waals surface area (Å²) in [5.74, 6) is 0.938. The van der Waals surface area contributed by atoms with E-state index in [-0.39, 0.29) is 11.9 Å². The minimum atomic E-state index is 0.0578. The van der Waals surface area contributed by atoms with Gasteiger partial charge in [-0.15, -0.1) is 0 Å². The van der Waals surface area contributed by atoms with Crippen molar-refractivity contribution in [2.24, 2.45) is 0 Å². The van der Waals surface area contributed by atoms with E-state index in [9.17, 15) is 4.79 Å². The SMILES string of the molecule is CCOC(=N)c1ccc2[nH]nc(-c3ccc4cc(OCCN5CCN(C)C5=O)ccc4c3)c2c1. The molecule has 0 atom stereocenters. The number of amides is 2. The van der Waals surface area contributed by atoms with Gasteiger partial charge >= 0.3 is 6.03 Å². The van der Waals surface area contributed by atoms with E-state index >= 15 is 0 Å². The largest absolute Gasteiger partial charge is 0.492 e. The van der Waals surface area contributed by atoms with Crippen molar-refractivity contribution in [1.82, 2.24) is 20.0 Å². The zero-order valence-electron chi connectivity index (χ0n) is 19.3. The van der Waals surface area contributed by atoms with Crippen LogP contribution in [-0.2, 0) is 4.74 Å². The Balaban J connectivity index is 1.34. The number of aromatic nitrogens is 2. The highest BCUT2D eigenvalue weighted by Crippen LogP contribution is 2.31. The maximum Gasteiger partial charge on any atom is 0.319 e. The van der Waals surface area contributed by atoms with Crippen molar-refractivity contribution >= 4 is 33.6 Å². The van der Waals surface area contributed by atoms with E-state index in [2.05, 4.69) is 22.3 Å².